The van der Waals surface area contributed by atoms with Gasteiger partial charge in [0.25, 0.3) is 0 Å². The van der Waals surface area contributed by atoms with Crippen molar-refractivity contribution in [3.05, 3.63) is 5.82 Å². The smallest absolute Gasteiger partial charge is 0.170 e. The molecule has 20 heavy (non-hydrogen) atoms. The van der Waals surface area contributed by atoms with Crippen molar-refractivity contribution < 1.29 is 0 Å². The SMILES string of the molecule is Cc1nsc(SCC(N)C23CC4CC(CC(C4)C2)C3)n1. The molecule has 5 heteroatoms. The van der Waals surface area contributed by atoms with Gasteiger partial charge in [-0.1, -0.05) is 11.8 Å². The van der Waals surface area contributed by atoms with Gasteiger partial charge in [-0.05, 0) is 80.1 Å². The van der Waals surface area contributed by atoms with Crippen LogP contribution in [0.4, 0.5) is 0 Å². The normalized spacial score (nSPS) is 40.2. The van der Waals surface area contributed by atoms with Gasteiger partial charge in [0.05, 0.1) is 0 Å². The molecule has 1 heterocycles. The number of nitrogens with zero attached hydrogens (tertiary/aromatic N) is 2. The first-order valence-electron chi connectivity index (χ1n) is 7.82. The fourth-order valence-corrected chi connectivity index (χ4v) is 7.13. The minimum atomic E-state index is 0.338. The lowest BCUT2D eigenvalue weighted by molar-refractivity contribution is -0.0629. The third-order valence-electron chi connectivity index (χ3n) is 5.77. The van der Waals surface area contributed by atoms with Crippen LogP contribution < -0.4 is 5.73 Å². The summed E-state index contributed by atoms with van der Waals surface area (Å²) < 4.78 is 5.34. The van der Waals surface area contributed by atoms with Crippen LogP contribution in [0.25, 0.3) is 0 Å². The first-order chi connectivity index (χ1) is 9.63. The van der Waals surface area contributed by atoms with Gasteiger partial charge in [-0.3, -0.25) is 0 Å². The van der Waals surface area contributed by atoms with Crippen LogP contribution in [0.5, 0.6) is 0 Å². The van der Waals surface area contributed by atoms with Gasteiger partial charge in [-0.2, -0.15) is 4.37 Å². The number of aromatic nitrogens is 2. The van der Waals surface area contributed by atoms with Gasteiger partial charge in [-0.25, -0.2) is 4.98 Å². The molecule has 4 bridgehead atoms. The Hall–Kier alpha value is -0.130. The Bertz CT molecular complexity index is 464. The summed E-state index contributed by atoms with van der Waals surface area (Å²) in [5.74, 6) is 4.87. The van der Waals surface area contributed by atoms with E-state index in [4.69, 9.17) is 5.73 Å². The highest BCUT2D eigenvalue weighted by atomic mass is 32.2. The predicted octanol–water partition coefficient (Wildman–Crippen LogP) is 3.48. The largest absolute Gasteiger partial charge is 0.326 e. The summed E-state index contributed by atoms with van der Waals surface area (Å²) in [4.78, 5) is 4.44. The number of nitrogens with two attached hydrogens (primary N) is 1. The van der Waals surface area contributed by atoms with E-state index in [1.165, 1.54) is 50.1 Å². The second kappa shape index (κ2) is 4.96. The van der Waals surface area contributed by atoms with Crippen LogP contribution in [0.3, 0.4) is 0 Å². The Morgan fingerprint density at radius 3 is 2.35 bits per heavy atom. The first kappa shape index (κ1) is 13.5. The van der Waals surface area contributed by atoms with Gasteiger partial charge >= 0.3 is 0 Å². The van der Waals surface area contributed by atoms with Gasteiger partial charge in [0.2, 0.25) is 0 Å². The maximum atomic E-state index is 6.66. The summed E-state index contributed by atoms with van der Waals surface area (Å²) in [6.07, 6.45) is 8.68. The standard InChI is InChI=1S/C15H23N3S2/c1-9-17-14(20-18-9)19-8-13(16)15-5-10-2-11(6-15)4-12(3-10)7-15/h10-13H,2-8,16H2,1H3. The van der Waals surface area contributed by atoms with Crippen LogP contribution in [-0.2, 0) is 0 Å². The molecular weight excluding hydrogens is 286 g/mol. The van der Waals surface area contributed by atoms with Crippen LogP contribution in [0.1, 0.15) is 44.3 Å². The molecule has 3 nitrogen and oxygen atoms in total. The third kappa shape index (κ3) is 2.32. The van der Waals surface area contributed by atoms with Crippen LogP contribution in [0, 0.1) is 30.1 Å². The first-order valence-corrected chi connectivity index (χ1v) is 9.57. The molecular formula is C15H23N3S2. The zero-order chi connectivity index (χ0) is 13.7. The molecule has 1 unspecified atom stereocenters. The maximum Gasteiger partial charge on any atom is 0.170 e. The van der Waals surface area contributed by atoms with E-state index in [0.717, 1.165) is 33.7 Å². The molecule has 1 atom stereocenters. The Labute approximate surface area is 129 Å². The van der Waals surface area contributed by atoms with Crippen molar-refractivity contribution in [2.45, 2.75) is 55.8 Å². The second-order valence-electron chi connectivity index (χ2n) is 7.30. The highest BCUT2D eigenvalue weighted by molar-refractivity contribution is 8.00. The number of hydrogen-bond donors (Lipinski definition) is 1. The number of thioether (sulfide) groups is 1. The summed E-state index contributed by atoms with van der Waals surface area (Å²) in [6.45, 7) is 1.96. The predicted molar refractivity (Wildman–Crippen MR) is 84.0 cm³/mol. The molecule has 0 aliphatic heterocycles. The molecule has 4 aliphatic rings. The Morgan fingerprint density at radius 1 is 1.25 bits per heavy atom. The zero-order valence-electron chi connectivity index (χ0n) is 12.0. The lowest BCUT2D eigenvalue weighted by Gasteiger charge is -2.59. The lowest BCUT2D eigenvalue weighted by atomic mass is 9.48. The summed E-state index contributed by atoms with van der Waals surface area (Å²) in [5, 5.41) is 0. The highest BCUT2D eigenvalue weighted by Gasteiger charge is 2.53. The molecule has 0 saturated heterocycles. The lowest BCUT2D eigenvalue weighted by Crippen LogP contribution is -2.55. The second-order valence-corrected chi connectivity index (χ2v) is 9.32. The van der Waals surface area contributed by atoms with Crippen molar-refractivity contribution in [2.75, 3.05) is 5.75 Å². The van der Waals surface area contributed by atoms with Crippen LogP contribution >= 0.6 is 23.3 Å². The Kier molecular flexibility index (Phi) is 3.35. The summed E-state index contributed by atoms with van der Waals surface area (Å²) in [6, 6.07) is 0.338. The molecule has 4 aliphatic carbocycles. The van der Waals surface area contributed by atoms with Crippen LogP contribution in [-0.4, -0.2) is 21.2 Å². The van der Waals surface area contributed by atoms with Crippen molar-refractivity contribution in [1.82, 2.24) is 9.36 Å². The molecule has 0 spiro atoms. The molecule has 5 rings (SSSR count). The van der Waals surface area contributed by atoms with Crippen molar-refractivity contribution in [1.29, 1.82) is 0 Å². The van der Waals surface area contributed by atoms with Crippen LogP contribution in [0.15, 0.2) is 4.34 Å². The van der Waals surface area contributed by atoms with E-state index in [9.17, 15) is 0 Å². The fraction of sp³-hybridized carbons (Fsp3) is 0.867. The number of hydrogen-bond acceptors (Lipinski definition) is 5. The molecule has 0 amide bonds. The van der Waals surface area contributed by atoms with Gasteiger partial charge in [0.1, 0.15) is 5.82 Å². The minimum Gasteiger partial charge on any atom is -0.326 e. The van der Waals surface area contributed by atoms with E-state index in [0.29, 0.717) is 11.5 Å². The summed E-state index contributed by atoms with van der Waals surface area (Å²) in [5.41, 5.74) is 7.12. The number of rotatable bonds is 4. The van der Waals surface area contributed by atoms with E-state index in [1.807, 2.05) is 18.7 Å². The van der Waals surface area contributed by atoms with E-state index < -0.39 is 0 Å². The molecule has 0 aromatic carbocycles. The van der Waals surface area contributed by atoms with Gasteiger partial charge in [0.15, 0.2) is 4.34 Å². The zero-order valence-corrected chi connectivity index (χ0v) is 13.7. The van der Waals surface area contributed by atoms with Crippen molar-refractivity contribution in [3.8, 4) is 0 Å². The Balaban J connectivity index is 1.44. The van der Waals surface area contributed by atoms with Crippen LogP contribution in [0.2, 0.25) is 0 Å². The average molecular weight is 310 g/mol. The van der Waals surface area contributed by atoms with E-state index in [2.05, 4.69) is 9.36 Å². The quantitative estimate of drug-likeness (QED) is 0.865. The summed E-state index contributed by atoms with van der Waals surface area (Å²) in [7, 11) is 0. The van der Waals surface area contributed by atoms with E-state index >= 15 is 0 Å². The summed E-state index contributed by atoms with van der Waals surface area (Å²) >= 11 is 3.33. The molecule has 2 N–H and O–H groups in total. The molecule has 4 saturated carbocycles. The third-order valence-corrected chi connectivity index (χ3v) is 7.81. The topological polar surface area (TPSA) is 51.8 Å². The van der Waals surface area contributed by atoms with Crippen molar-refractivity contribution >= 4 is 23.3 Å². The minimum absolute atomic E-state index is 0.338. The number of aryl methyl sites for hydroxylation is 1. The fourth-order valence-electron chi connectivity index (χ4n) is 5.31. The maximum absolute atomic E-state index is 6.66. The molecule has 4 fully saturated rings. The van der Waals surface area contributed by atoms with Gasteiger partial charge < -0.3 is 5.73 Å². The molecule has 0 radical (unpaired) electrons. The van der Waals surface area contributed by atoms with E-state index in [1.54, 1.807) is 0 Å². The Morgan fingerprint density at radius 2 is 1.85 bits per heavy atom. The van der Waals surface area contributed by atoms with Gasteiger partial charge in [-0.15, -0.1) is 0 Å². The van der Waals surface area contributed by atoms with Crippen molar-refractivity contribution in [3.63, 3.8) is 0 Å². The monoisotopic (exact) mass is 309 g/mol. The van der Waals surface area contributed by atoms with Gasteiger partial charge in [0, 0.05) is 11.8 Å². The average Bonchev–Trinajstić information content (AvgIpc) is 2.80. The van der Waals surface area contributed by atoms with Crippen molar-refractivity contribution in [2.24, 2.45) is 28.9 Å². The molecule has 110 valence electrons. The van der Waals surface area contributed by atoms with E-state index in [-0.39, 0.29) is 0 Å². The highest BCUT2D eigenvalue weighted by Crippen LogP contribution is 2.61. The molecule has 1 aromatic rings. The molecule has 1 aromatic heterocycles.